The number of benzene rings is 1. The molecule has 6 nitrogen and oxygen atoms in total. The molecule has 1 fully saturated rings. The minimum Gasteiger partial charge on any atom is -0.481 e. The van der Waals surface area contributed by atoms with Crippen LogP contribution in [0.3, 0.4) is 0 Å². The number of amides is 1. The molecule has 1 aromatic carbocycles. The van der Waals surface area contributed by atoms with Crippen LogP contribution in [0.15, 0.2) is 36.7 Å². The van der Waals surface area contributed by atoms with E-state index in [2.05, 4.69) is 5.10 Å². The van der Waals surface area contributed by atoms with Crippen molar-refractivity contribution in [3.63, 3.8) is 0 Å². The summed E-state index contributed by atoms with van der Waals surface area (Å²) in [7, 11) is 0. The number of piperidine rings is 1. The quantitative estimate of drug-likeness (QED) is 0.907. The lowest BCUT2D eigenvalue weighted by molar-refractivity contribution is -0.137. The number of nitrogens with zero attached hydrogens (tertiary/aromatic N) is 3. The molecule has 3 rings (SSSR count). The summed E-state index contributed by atoms with van der Waals surface area (Å²) in [5.74, 6) is -0.824. The van der Waals surface area contributed by atoms with Gasteiger partial charge >= 0.3 is 5.97 Å². The molecule has 132 valence electrons. The monoisotopic (exact) mass is 341 g/mol. The Morgan fingerprint density at radius 3 is 2.64 bits per heavy atom. The highest BCUT2D eigenvalue weighted by Gasteiger charge is 2.27. The number of carboxylic acids is 1. The predicted molar refractivity (Wildman–Crippen MR) is 93.8 cm³/mol. The van der Waals surface area contributed by atoms with Crippen molar-refractivity contribution < 1.29 is 14.7 Å². The molecule has 0 radical (unpaired) electrons. The second-order valence-electron chi connectivity index (χ2n) is 6.59. The largest absolute Gasteiger partial charge is 0.481 e. The van der Waals surface area contributed by atoms with Crippen LogP contribution in [-0.2, 0) is 4.79 Å². The summed E-state index contributed by atoms with van der Waals surface area (Å²) in [4.78, 5) is 25.6. The Labute approximate surface area is 147 Å². The topological polar surface area (TPSA) is 75.4 Å². The van der Waals surface area contributed by atoms with Crippen LogP contribution < -0.4 is 0 Å². The molecule has 6 heteroatoms. The minimum atomic E-state index is -0.808. The standard InChI is InChI=1S/C19H23N3O3/c1-14-12-20-22(13-14)17-7-5-15(6-8-17)19(25)21-11-3-2-4-16(21)9-10-18(23)24/h5-8,12-13,16H,2-4,9-11H2,1H3,(H,23,24). The van der Waals surface area contributed by atoms with Crippen molar-refractivity contribution in [1.82, 2.24) is 14.7 Å². The van der Waals surface area contributed by atoms with E-state index in [-0.39, 0.29) is 18.4 Å². The summed E-state index contributed by atoms with van der Waals surface area (Å²) in [6.45, 7) is 2.68. The van der Waals surface area contributed by atoms with Crippen molar-refractivity contribution in [2.45, 2.75) is 45.1 Å². The number of aryl methyl sites for hydroxylation is 1. The molecule has 2 heterocycles. The van der Waals surface area contributed by atoms with Gasteiger partial charge in [-0.15, -0.1) is 0 Å². The van der Waals surface area contributed by atoms with Gasteiger partial charge in [-0.1, -0.05) is 0 Å². The normalized spacial score (nSPS) is 17.5. The van der Waals surface area contributed by atoms with E-state index in [0.717, 1.165) is 30.5 Å². The Morgan fingerprint density at radius 1 is 1.24 bits per heavy atom. The molecular weight excluding hydrogens is 318 g/mol. The number of hydrogen-bond acceptors (Lipinski definition) is 3. The van der Waals surface area contributed by atoms with E-state index in [9.17, 15) is 9.59 Å². The van der Waals surface area contributed by atoms with Gasteiger partial charge in [0.05, 0.1) is 11.9 Å². The molecule has 1 unspecified atom stereocenters. The third kappa shape index (κ3) is 4.07. The van der Waals surface area contributed by atoms with Crippen molar-refractivity contribution in [2.24, 2.45) is 0 Å². The van der Waals surface area contributed by atoms with E-state index in [4.69, 9.17) is 5.11 Å². The lowest BCUT2D eigenvalue weighted by atomic mass is 9.97. The number of likely N-dealkylation sites (tertiary alicyclic amines) is 1. The molecule has 2 aromatic rings. The number of carboxylic acid groups (broad SMARTS) is 1. The van der Waals surface area contributed by atoms with Crippen molar-refractivity contribution in [1.29, 1.82) is 0 Å². The summed E-state index contributed by atoms with van der Waals surface area (Å²) in [6.07, 6.45) is 7.25. The molecular formula is C19H23N3O3. The van der Waals surface area contributed by atoms with Crippen LogP contribution in [0, 0.1) is 6.92 Å². The maximum absolute atomic E-state index is 12.9. The fourth-order valence-electron chi connectivity index (χ4n) is 3.33. The molecule has 1 aromatic heterocycles. The maximum atomic E-state index is 12.9. The molecule has 25 heavy (non-hydrogen) atoms. The molecule has 1 atom stereocenters. The first kappa shape index (κ1) is 17.2. The summed E-state index contributed by atoms with van der Waals surface area (Å²) in [5, 5.41) is 13.2. The molecule has 1 aliphatic heterocycles. The zero-order valence-corrected chi connectivity index (χ0v) is 14.4. The number of aliphatic carboxylic acids is 1. The first-order valence-electron chi connectivity index (χ1n) is 8.69. The number of rotatable bonds is 5. The average molecular weight is 341 g/mol. The first-order chi connectivity index (χ1) is 12.0. The van der Waals surface area contributed by atoms with E-state index in [1.807, 2.05) is 42.3 Å². The van der Waals surface area contributed by atoms with Gasteiger partial charge in [0.1, 0.15) is 0 Å². The van der Waals surface area contributed by atoms with Gasteiger partial charge in [0.15, 0.2) is 0 Å². The minimum absolute atomic E-state index is 0.0155. The highest BCUT2D eigenvalue weighted by atomic mass is 16.4. The summed E-state index contributed by atoms with van der Waals surface area (Å²) >= 11 is 0. The Bertz CT molecular complexity index is 752. The van der Waals surface area contributed by atoms with Crippen LogP contribution in [0.4, 0.5) is 0 Å². The van der Waals surface area contributed by atoms with Gasteiger partial charge in [-0.2, -0.15) is 5.10 Å². The molecule has 0 aliphatic carbocycles. The number of carbonyl (C=O) groups excluding carboxylic acids is 1. The molecule has 1 saturated heterocycles. The smallest absolute Gasteiger partial charge is 0.303 e. The Morgan fingerprint density at radius 2 is 2.00 bits per heavy atom. The SMILES string of the molecule is Cc1cnn(-c2ccc(C(=O)N3CCCCC3CCC(=O)O)cc2)c1. The van der Waals surface area contributed by atoms with E-state index < -0.39 is 5.97 Å². The van der Waals surface area contributed by atoms with Crippen LogP contribution >= 0.6 is 0 Å². The molecule has 0 saturated carbocycles. The lowest BCUT2D eigenvalue weighted by Crippen LogP contribution is -2.43. The molecule has 0 bridgehead atoms. The predicted octanol–water partition coefficient (Wildman–Crippen LogP) is 3.04. The Hall–Kier alpha value is -2.63. The van der Waals surface area contributed by atoms with Crippen molar-refractivity contribution in [3.05, 3.63) is 47.8 Å². The molecule has 1 amide bonds. The van der Waals surface area contributed by atoms with Crippen molar-refractivity contribution >= 4 is 11.9 Å². The summed E-state index contributed by atoms with van der Waals surface area (Å²) < 4.78 is 1.78. The van der Waals surface area contributed by atoms with Crippen molar-refractivity contribution in [3.8, 4) is 5.69 Å². The molecule has 1 N–H and O–H groups in total. The third-order valence-electron chi connectivity index (χ3n) is 4.67. The van der Waals surface area contributed by atoms with Crippen LogP contribution in [-0.4, -0.2) is 44.3 Å². The van der Waals surface area contributed by atoms with E-state index >= 15 is 0 Å². The van der Waals surface area contributed by atoms with Gasteiger partial charge in [-0.25, -0.2) is 4.68 Å². The van der Waals surface area contributed by atoms with Crippen LogP contribution in [0.2, 0.25) is 0 Å². The van der Waals surface area contributed by atoms with Gasteiger partial charge < -0.3 is 10.0 Å². The summed E-state index contributed by atoms with van der Waals surface area (Å²) in [5.41, 5.74) is 2.62. The van der Waals surface area contributed by atoms with Gasteiger partial charge in [-0.3, -0.25) is 9.59 Å². The Kier molecular flexibility index (Phi) is 5.16. The van der Waals surface area contributed by atoms with E-state index in [1.54, 1.807) is 10.9 Å². The zero-order valence-electron chi connectivity index (χ0n) is 14.4. The Balaban J connectivity index is 1.73. The van der Waals surface area contributed by atoms with Crippen LogP contribution in [0.1, 0.15) is 48.0 Å². The van der Waals surface area contributed by atoms with Crippen LogP contribution in [0.25, 0.3) is 5.69 Å². The number of aromatic nitrogens is 2. The van der Waals surface area contributed by atoms with Gasteiger partial charge in [0, 0.05) is 30.8 Å². The molecule has 1 aliphatic rings. The lowest BCUT2D eigenvalue weighted by Gasteiger charge is -2.35. The zero-order chi connectivity index (χ0) is 17.8. The fraction of sp³-hybridized carbons (Fsp3) is 0.421. The maximum Gasteiger partial charge on any atom is 0.303 e. The highest BCUT2D eigenvalue weighted by Crippen LogP contribution is 2.23. The van der Waals surface area contributed by atoms with E-state index in [1.165, 1.54) is 0 Å². The van der Waals surface area contributed by atoms with E-state index in [0.29, 0.717) is 18.5 Å². The molecule has 0 spiro atoms. The van der Waals surface area contributed by atoms with Gasteiger partial charge in [0.25, 0.3) is 5.91 Å². The van der Waals surface area contributed by atoms with Crippen LogP contribution in [0.5, 0.6) is 0 Å². The fourth-order valence-corrected chi connectivity index (χ4v) is 3.33. The average Bonchev–Trinajstić information content (AvgIpc) is 3.06. The second-order valence-corrected chi connectivity index (χ2v) is 6.59. The number of carbonyl (C=O) groups is 2. The second kappa shape index (κ2) is 7.51. The van der Waals surface area contributed by atoms with Gasteiger partial charge in [-0.05, 0) is 62.4 Å². The first-order valence-corrected chi connectivity index (χ1v) is 8.69. The third-order valence-corrected chi connectivity index (χ3v) is 4.67. The summed E-state index contributed by atoms with van der Waals surface area (Å²) in [6, 6.07) is 7.42. The highest BCUT2D eigenvalue weighted by molar-refractivity contribution is 5.94. The van der Waals surface area contributed by atoms with Gasteiger partial charge in [0.2, 0.25) is 0 Å². The van der Waals surface area contributed by atoms with Crippen molar-refractivity contribution in [2.75, 3.05) is 6.54 Å². The number of hydrogen-bond donors (Lipinski definition) is 1.